The molecule has 1 aliphatic heterocycles. The van der Waals surface area contributed by atoms with E-state index in [1.165, 1.54) is 12.5 Å². The minimum absolute atomic E-state index is 0.0348. The zero-order chi connectivity index (χ0) is 18.5. The molecule has 2 aromatic rings. The number of nitrogens with zero attached hydrogens (tertiary/aromatic N) is 2. The Kier molecular flexibility index (Phi) is 5.46. The first-order valence-corrected chi connectivity index (χ1v) is 8.42. The molecule has 1 aliphatic rings. The Balaban J connectivity index is 1.56. The number of methoxy groups -OCH3 is 2. The van der Waals surface area contributed by atoms with Crippen LogP contribution in [0.4, 0.5) is 0 Å². The fourth-order valence-corrected chi connectivity index (χ4v) is 3.00. The average molecular weight is 358 g/mol. The van der Waals surface area contributed by atoms with Crippen molar-refractivity contribution in [2.75, 3.05) is 40.4 Å². The van der Waals surface area contributed by atoms with Crippen molar-refractivity contribution in [3.8, 4) is 11.5 Å². The van der Waals surface area contributed by atoms with Crippen LogP contribution < -0.4 is 9.47 Å². The Morgan fingerprint density at radius 1 is 1.00 bits per heavy atom. The molecule has 1 aromatic heterocycles. The van der Waals surface area contributed by atoms with Gasteiger partial charge in [0.25, 0.3) is 5.91 Å². The second-order valence-corrected chi connectivity index (χ2v) is 6.05. The van der Waals surface area contributed by atoms with Crippen molar-refractivity contribution < 1.29 is 23.5 Å². The van der Waals surface area contributed by atoms with E-state index >= 15 is 0 Å². The molecule has 0 atom stereocenters. The molecule has 0 N–H and O–H groups in total. The third-order valence-corrected chi connectivity index (χ3v) is 4.49. The number of furan rings is 1. The summed E-state index contributed by atoms with van der Waals surface area (Å²) in [7, 11) is 3.15. The third kappa shape index (κ3) is 3.82. The van der Waals surface area contributed by atoms with E-state index in [1.807, 2.05) is 12.1 Å². The van der Waals surface area contributed by atoms with Crippen molar-refractivity contribution in [1.29, 1.82) is 0 Å². The van der Waals surface area contributed by atoms with Crippen LogP contribution in [-0.4, -0.2) is 62.0 Å². The van der Waals surface area contributed by atoms with Gasteiger partial charge in [-0.05, 0) is 23.8 Å². The van der Waals surface area contributed by atoms with Gasteiger partial charge in [0.1, 0.15) is 6.26 Å². The summed E-state index contributed by atoms with van der Waals surface area (Å²) in [5.41, 5.74) is 1.40. The first-order valence-electron chi connectivity index (χ1n) is 8.42. The first kappa shape index (κ1) is 17.8. The zero-order valence-electron chi connectivity index (χ0n) is 14.9. The number of rotatable bonds is 5. The maximum Gasteiger partial charge on any atom is 0.257 e. The highest BCUT2D eigenvalue weighted by atomic mass is 16.5. The highest BCUT2D eigenvalue weighted by Gasteiger charge is 2.25. The van der Waals surface area contributed by atoms with E-state index < -0.39 is 0 Å². The fourth-order valence-electron chi connectivity index (χ4n) is 3.00. The minimum atomic E-state index is -0.0641. The quantitative estimate of drug-likeness (QED) is 0.815. The van der Waals surface area contributed by atoms with Gasteiger partial charge in [0.05, 0.1) is 32.5 Å². The molecule has 2 amide bonds. The Bertz CT molecular complexity index is 764. The van der Waals surface area contributed by atoms with E-state index in [0.717, 1.165) is 5.56 Å². The van der Waals surface area contributed by atoms with Gasteiger partial charge >= 0.3 is 0 Å². The maximum atomic E-state index is 12.6. The summed E-state index contributed by atoms with van der Waals surface area (Å²) in [5.74, 6) is 1.21. The van der Waals surface area contributed by atoms with Crippen LogP contribution in [0.5, 0.6) is 11.5 Å². The van der Waals surface area contributed by atoms with Gasteiger partial charge in [-0.15, -0.1) is 0 Å². The lowest BCUT2D eigenvalue weighted by molar-refractivity contribution is -0.131. The first-order chi connectivity index (χ1) is 12.6. The topological polar surface area (TPSA) is 72.2 Å². The van der Waals surface area contributed by atoms with Crippen LogP contribution in [0, 0.1) is 0 Å². The second-order valence-electron chi connectivity index (χ2n) is 6.05. The van der Waals surface area contributed by atoms with E-state index in [9.17, 15) is 9.59 Å². The van der Waals surface area contributed by atoms with Gasteiger partial charge < -0.3 is 23.7 Å². The predicted molar refractivity (Wildman–Crippen MR) is 94.4 cm³/mol. The fraction of sp³-hybridized carbons (Fsp3) is 0.368. The predicted octanol–water partition coefficient (Wildman–Crippen LogP) is 1.82. The van der Waals surface area contributed by atoms with Crippen molar-refractivity contribution in [3.05, 3.63) is 47.9 Å². The molecule has 3 rings (SSSR count). The lowest BCUT2D eigenvalue weighted by Gasteiger charge is -2.34. The molecule has 0 bridgehead atoms. The number of piperazine rings is 1. The second kappa shape index (κ2) is 7.95. The Morgan fingerprint density at radius 3 is 2.31 bits per heavy atom. The summed E-state index contributed by atoms with van der Waals surface area (Å²) in [4.78, 5) is 28.4. The molecule has 0 aliphatic carbocycles. The monoisotopic (exact) mass is 358 g/mol. The van der Waals surface area contributed by atoms with Gasteiger partial charge in [-0.3, -0.25) is 9.59 Å². The van der Waals surface area contributed by atoms with Gasteiger partial charge in [0.2, 0.25) is 5.91 Å². The van der Waals surface area contributed by atoms with Crippen LogP contribution >= 0.6 is 0 Å². The molecule has 1 aromatic carbocycles. The molecule has 138 valence electrons. The third-order valence-electron chi connectivity index (χ3n) is 4.49. The van der Waals surface area contributed by atoms with Crippen LogP contribution in [0.25, 0.3) is 0 Å². The van der Waals surface area contributed by atoms with Gasteiger partial charge in [0.15, 0.2) is 11.5 Å². The number of carbonyl (C=O) groups is 2. The van der Waals surface area contributed by atoms with Crippen LogP contribution in [0.1, 0.15) is 15.9 Å². The summed E-state index contributed by atoms with van der Waals surface area (Å²) in [5, 5.41) is 0. The summed E-state index contributed by atoms with van der Waals surface area (Å²) >= 11 is 0. The van der Waals surface area contributed by atoms with Crippen LogP contribution in [0.3, 0.4) is 0 Å². The van der Waals surface area contributed by atoms with Gasteiger partial charge in [-0.1, -0.05) is 6.07 Å². The van der Waals surface area contributed by atoms with Gasteiger partial charge in [0, 0.05) is 26.2 Å². The van der Waals surface area contributed by atoms with Gasteiger partial charge in [-0.2, -0.15) is 0 Å². The summed E-state index contributed by atoms with van der Waals surface area (Å²) in [6.45, 7) is 2.08. The standard InChI is InChI=1S/C19H22N2O5/c1-24-16-4-3-14(11-17(16)25-2)12-18(22)20-6-8-21(9-7-20)19(23)15-5-10-26-13-15/h3-5,10-11,13H,6-9,12H2,1-2H3. The van der Waals surface area contributed by atoms with E-state index in [-0.39, 0.29) is 18.2 Å². The Morgan fingerprint density at radius 2 is 1.69 bits per heavy atom. The summed E-state index contributed by atoms with van der Waals surface area (Å²) in [6, 6.07) is 7.12. The highest BCUT2D eigenvalue weighted by molar-refractivity contribution is 5.94. The lowest BCUT2D eigenvalue weighted by Crippen LogP contribution is -2.50. The number of carbonyl (C=O) groups excluding carboxylic acids is 2. The van der Waals surface area contributed by atoms with Crippen LogP contribution in [0.2, 0.25) is 0 Å². The summed E-state index contributed by atoms with van der Waals surface area (Å²) in [6.07, 6.45) is 3.21. The maximum absolute atomic E-state index is 12.6. The van der Waals surface area contributed by atoms with Crippen molar-refractivity contribution >= 4 is 11.8 Å². The molecule has 1 fully saturated rings. The molecule has 0 spiro atoms. The average Bonchev–Trinajstić information content (AvgIpc) is 3.22. The number of benzene rings is 1. The molecule has 7 nitrogen and oxygen atoms in total. The molecule has 2 heterocycles. The molecule has 7 heteroatoms. The van der Waals surface area contributed by atoms with E-state index in [1.54, 1.807) is 36.2 Å². The molecular weight excluding hydrogens is 336 g/mol. The number of hydrogen-bond acceptors (Lipinski definition) is 5. The normalized spacial score (nSPS) is 14.2. The minimum Gasteiger partial charge on any atom is -0.493 e. The van der Waals surface area contributed by atoms with Crippen molar-refractivity contribution in [1.82, 2.24) is 9.80 Å². The zero-order valence-corrected chi connectivity index (χ0v) is 14.9. The SMILES string of the molecule is COc1ccc(CC(=O)N2CCN(C(=O)c3ccoc3)CC2)cc1OC. The molecule has 0 unspecified atom stereocenters. The van der Waals surface area contributed by atoms with Crippen LogP contribution in [0.15, 0.2) is 41.2 Å². The molecule has 26 heavy (non-hydrogen) atoms. The number of hydrogen-bond donors (Lipinski definition) is 0. The van der Waals surface area contributed by atoms with Crippen molar-refractivity contribution in [3.63, 3.8) is 0 Å². The van der Waals surface area contributed by atoms with Crippen molar-refractivity contribution in [2.24, 2.45) is 0 Å². The van der Waals surface area contributed by atoms with E-state index in [0.29, 0.717) is 43.2 Å². The Labute approximate surface area is 152 Å². The molecule has 0 saturated carbocycles. The highest BCUT2D eigenvalue weighted by Crippen LogP contribution is 2.27. The van der Waals surface area contributed by atoms with E-state index in [2.05, 4.69) is 0 Å². The van der Waals surface area contributed by atoms with E-state index in [4.69, 9.17) is 13.9 Å². The lowest BCUT2D eigenvalue weighted by atomic mass is 10.1. The Hall–Kier alpha value is -2.96. The van der Waals surface area contributed by atoms with Crippen LogP contribution in [-0.2, 0) is 11.2 Å². The molecule has 0 radical (unpaired) electrons. The summed E-state index contributed by atoms with van der Waals surface area (Å²) < 4.78 is 15.4. The molecular formula is C19H22N2O5. The smallest absolute Gasteiger partial charge is 0.257 e. The number of amides is 2. The number of ether oxygens (including phenoxy) is 2. The van der Waals surface area contributed by atoms with Gasteiger partial charge in [-0.25, -0.2) is 0 Å². The molecule has 1 saturated heterocycles. The largest absolute Gasteiger partial charge is 0.493 e. The van der Waals surface area contributed by atoms with Crippen molar-refractivity contribution in [2.45, 2.75) is 6.42 Å².